The van der Waals surface area contributed by atoms with Crippen LogP contribution in [0.1, 0.15) is 39.3 Å². The van der Waals surface area contributed by atoms with Gasteiger partial charge in [0.1, 0.15) is 0 Å². The predicted octanol–water partition coefficient (Wildman–Crippen LogP) is 4.55. The number of nitrogens with one attached hydrogen (secondary N) is 1. The van der Waals surface area contributed by atoms with Crippen molar-refractivity contribution >= 4 is 10.8 Å². The monoisotopic (exact) mass is 285 g/mol. The summed E-state index contributed by atoms with van der Waals surface area (Å²) in [6.45, 7) is 9.77. The largest absolute Gasteiger partial charge is 0.379 e. The first-order valence-corrected chi connectivity index (χ1v) is 7.73. The Bertz CT molecular complexity index is 580. The summed E-state index contributed by atoms with van der Waals surface area (Å²) in [6.07, 6.45) is 0.114. The second-order valence-corrected chi connectivity index (χ2v) is 6.63. The molecule has 0 fully saturated rings. The van der Waals surface area contributed by atoms with Crippen molar-refractivity contribution in [1.82, 2.24) is 5.32 Å². The van der Waals surface area contributed by atoms with Crippen molar-refractivity contribution in [2.75, 3.05) is 13.7 Å². The first-order valence-electron chi connectivity index (χ1n) is 7.73. The Hall–Kier alpha value is -1.38. The van der Waals surface area contributed by atoms with Crippen LogP contribution >= 0.6 is 0 Å². The maximum atomic E-state index is 5.87. The molecule has 21 heavy (non-hydrogen) atoms. The summed E-state index contributed by atoms with van der Waals surface area (Å²) in [5, 5.41) is 6.21. The number of likely N-dealkylation sites (N-methyl/N-ethyl adjacent to an activating group) is 1. The van der Waals surface area contributed by atoms with Gasteiger partial charge in [0.25, 0.3) is 0 Å². The van der Waals surface area contributed by atoms with E-state index < -0.39 is 0 Å². The molecule has 2 aromatic rings. The molecule has 2 aromatic carbocycles. The molecule has 0 saturated heterocycles. The number of fused-ring (bicyclic) bond motifs is 1. The lowest BCUT2D eigenvalue weighted by Crippen LogP contribution is -2.41. The van der Waals surface area contributed by atoms with Gasteiger partial charge in [0.15, 0.2) is 0 Å². The van der Waals surface area contributed by atoms with Crippen LogP contribution < -0.4 is 5.32 Å². The fourth-order valence-corrected chi connectivity index (χ4v) is 3.11. The minimum absolute atomic E-state index is 0.0680. The average molecular weight is 285 g/mol. The summed E-state index contributed by atoms with van der Waals surface area (Å²) in [7, 11) is 1.81. The quantitative estimate of drug-likeness (QED) is 0.870. The maximum Gasteiger partial charge on any atom is 0.0814 e. The normalized spacial score (nSPS) is 15.1. The molecule has 0 heterocycles. The minimum Gasteiger partial charge on any atom is -0.379 e. The zero-order valence-electron chi connectivity index (χ0n) is 13.8. The molecule has 0 amide bonds. The molecule has 0 aromatic heterocycles. The molecule has 0 saturated carbocycles. The Morgan fingerprint density at radius 2 is 1.71 bits per heavy atom. The van der Waals surface area contributed by atoms with Gasteiger partial charge in [-0.1, -0.05) is 70.2 Å². The maximum absolute atomic E-state index is 5.87. The van der Waals surface area contributed by atoms with Crippen LogP contribution in [0.3, 0.4) is 0 Å². The zero-order valence-corrected chi connectivity index (χ0v) is 13.8. The lowest BCUT2D eigenvalue weighted by atomic mass is 9.81. The third kappa shape index (κ3) is 3.45. The van der Waals surface area contributed by atoms with E-state index >= 15 is 0 Å². The highest BCUT2D eigenvalue weighted by Gasteiger charge is 2.33. The van der Waals surface area contributed by atoms with Crippen molar-refractivity contribution in [1.29, 1.82) is 0 Å². The fourth-order valence-electron chi connectivity index (χ4n) is 3.11. The smallest absolute Gasteiger partial charge is 0.0814 e. The molecule has 1 N–H and O–H groups in total. The third-order valence-corrected chi connectivity index (χ3v) is 3.99. The van der Waals surface area contributed by atoms with E-state index in [0.717, 1.165) is 6.54 Å². The Balaban J connectivity index is 2.55. The molecule has 0 aliphatic heterocycles. The van der Waals surface area contributed by atoms with Crippen molar-refractivity contribution < 1.29 is 4.74 Å². The molecule has 0 radical (unpaired) electrons. The van der Waals surface area contributed by atoms with Crippen LogP contribution in [0.2, 0.25) is 0 Å². The summed E-state index contributed by atoms with van der Waals surface area (Å²) in [4.78, 5) is 0. The van der Waals surface area contributed by atoms with E-state index in [1.165, 1.54) is 16.3 Å². The number of hydrogen-bond donors (Lipinski definition) is 1. The highest BCUT2D eigenvalue weighted by molar-refractivity contribution is 5.86. The van der Waals surface area contributed by atoms with Crippen LogP contribution in [-0.4, -0.2) is 19.8 Å². The van der Waals surface area contributed by atoms with Crippen LogP contribution in [0.4, 0.5) is 0 Å². The number of rotatable bonds is 5. The molecule has 2 heteroatoms. The van der Waals surface area contributed by atoms with Crippen LogP contribution in [0.25, 0.3) is 10.8 Å². The highest BCUT2D eigenvalue weighted by Crippen LogP contribution is 2.35. The van der Waals surface area contributed by atoms with Crippen molar-refractivity contribution in [3.63, 3.8) is 0 Å². The van der Waals surface area contributed by atoms with Gasteiger partial charge in [0, 0.05) is 7.11 Å². The van der Waals surface area contributed by atoms with Crippen molar-refractivity contribution in [2.45, 2.75) is 39.8 Å². The molecule has 0 aliphatic carbocycles. The van der Waals surface area contributed by atoms with E-state index in [1.54, 1.807) is 0 Å². The number of benzene rings is 2. The van der Waals surface area contributed by atoms with Gasteiger partial charge in [-0.3, -0.25) is 0 Å². The standard InChI is InChI=1S/C19H27NO/c1-6-20-17(18(21-5)19(2,3)4)16-13-9-11-14-10-7-8-12-15(14)16/h7-13,17-18,20H,6H2,1-5H3. The molecular weight excluding hydrogens is 258 g/mol. The summed E-state index contributed by atoms with van der Waals surface area (Å²) < 4.78 is 5.87. The minimum atomic E-state index is 0.0680. The Morgan fingerprint density at radius 3 is 2.33 bits per heavy atom. The molecule has 2 unspecified atom stereocenters. The first kappa shape index (κ1) is 16.0. The van der Waals surface area contributed by atoms with Gasteiger partial charge in [-0.15, -0.1) is 0 Å². The van der Waals surface area contributed by atoms with Gasteiger partial charge in [-0.05, 0) is 28.3 Å². The third-order valence-electron chi connectivity index (χ3n) is 3.99. The van der Waals surface area contributed by atoms with E-state index in [1.807, 2.05) is 7.11 Å². The topological polar surface area (TPSA) is 21.3 Å². The average Bonchev–Trinajstić information content (AvgIpc) is 2.45. The van der Waals surface area contributed by atoms with E-state index in [9.17, 15) is 0 Å². The van der Waals surface area contributed by atoms with Gasteiger partial charge in [-0.25, -0.2) is 0 Å². The van der Waals surface area contributed by atoms with E-state index in [0.29, 0.717) is 0 Å². The van der Waals surface area contributed by atoms with E-state index in [2.05, 4.69) is 75.5 Å². The van der Waals surface area contributed by atoms with Crippen molar-refractivity contribution in [3.05, 3.63) is 48.0 Å². The van der Waals surface area contributed by atoms with Crippen LogP contribution in [0, 0.1) is 5.41 Å². The van der Waals surface area contributed by atoms with Crippen LogP contribution in [0.15, 0.2) is 42.5 Å². The van der Waals surface area contributed by atoms with Gasteiger partial charge in [0.05, 0.1) is 12.1 Å². The Morgan fingerprint density at radius 1 is 1.05 bits per heavy atom. The molecule has 2 rings (SSSR count). The number of ether oxygens (including phenoxy) is 1. The lowest BCUT2D eigenvalue weighted by Gasteiger charge is -2.37. The molecule has 2 nitrogen and oxygen atoms in total. The van der Waals surface area contributed by atoms with Crippen LogP contribution in [-0.2, 0) is 4.74 Å². The Kier molecular flexibility index (Phi) is 5.02. The zero-order chi connectivity index (χ0) is 15.5. The molecule has 2 atom stereocenters. The Labute approximate surface area is 128 Å². The van der Waals surface area contributed by atoms with Gasteiger partial charge >= 0.3 is 0 Å². The van der Waals surface area contributed by atoms with Gasteiger partial charge < -0.3 is 10.1 Å². The summed E-state index contributed by atoms with van der Waals surface area (Å²) in [5.74, 6) is 0. The molecule has 0 spiro atoms. The van der Waals surface area contributed by atoms with Crippen molar-refractivity contribution in [3.8, 4) is 0 Å². The highest BCUT2D eigenvalue weighted by atomic mass is 16.5. The first-order chi connectivity index (χ1) is 9.99. The van der Waals surface area contributed by atoms with E-state index in [4.69, 9.17) is 4.74 Å². The second-order valence-electron chi connectivity index (χ2n) is 6.63. The summed E-state index contributed by atoms with van der Waals surface area (Å²) >= 11 is 0. The number of methoxy groups -OCH3 is 1. The molecular formula is C19H27NO. The SMILES string of the molecule is CCNC(c1cccc2ccccc12)C(OC)C(C)(C)C. The van der Waals surface area contributed by atoms with Gasteiger partial charge in [-0.2, -0.15) is 0 Å². The molecule has 114 valence electrons. The fraction of sp³-hybridized carbons (Fsp3) is 0.474. The summed E-state index contributed by atoms with van der Waals surface area (Å²) in [5.41, 5.74) is 1.38. The summed E-state index contributed by atoms with van der Waals surface area (Å²) in [6, 6.07) is 15.3. The van der Waals surface area contributed by atoms with Gasteiger partial charge in [0.2, 0.25) is 0 Å². The van der Waals surface area contributed by atoms with E-state index in [-0.39, 0.29) is 17.6 Å². The second kappa shape index (κ2) is 6.59. The molecule has 0 aliphatic rings. The van der Waals surface area contributed by atoms with Crippen molar-refractivity contribution in [2.24, 2.45) is 5.41 Å². The lowest BCUT2D eigenvalue weighted by molar-refractivity contribution is -0.0112. The predicted molar refractivity (Wildman–Crippen MR) is 90.6 cm³/mol. The number of hydrogen-bond acceptors (Lipinski definition) is 2. The molecule has 0 bridgehead atoms. The van der Waals surface area contributed by atoms with Crippen LogP contribution in [0.5, 0.6) is 0 Å².